The van der Waals surface area contributed by atoms with E-state index in [1.54, 1.807) is 4.90 Å². The molecule has 10 heteroatoms. The summed E-state index contributed by atoms with van der Waals surface area (Å²) in [5, 5.41) is 14.0. The largest absolute Gasteiger partial charge is 0.481 e. The van der Waals surface area contributed by atoms with Gasteiger partial charge in [0.15, 0.2) is 0 Å². The molecule has 188 valence electrons. The fraction of sp³-hybridized carbons (Fsp3) is 0.385. The molecule has 4 rings (SSSR count). The Hall–Kier alpha value is -3.58. The van der Waals surface area contributed by atoms with Gasteiger partial charge in [-0.25, -0.2) is 13.8 Å². The molecule has 1 aromatic carbocycles. The SMILES string of the molecule is C#Cc1nc(N2CCC(F)(F)C2)c([Si](C)(C)C)cc1-c1nc(-c2ccc(CCC(=O)O)cc2C)no1. The molecular formula is C26H28F2N4O3Si. The Morgan fingerprint density at radius 2 is 2.00 bits per heavy atom. The van der Waals surface area contributed by atoms with Gasteiger partial charge in [-0.1, -0.05) is 43.0 Å². The number of pyridine rings is 1. The smallest absolute Gasteiger partial charge is 0.303 e. The first kappa shape index (κ1) is 25.5. The third-order valence-electron chi connectivity index (χ3n) is 6.23. The van der Waals surface area contributed by atoms with Gasteiger partial charge in [-0.15, -0.1) is 6.42 Å². The average Bonchev–Trinajstić information content (AvgIpc) is 3.42. The molecule has 1 aliphatic heterocycles. The van der Waals surface area contributed by atoms with E-state index in [-0.39, 0.29) is 37.5 Å². The molecule has 36 heavy (non-hydrogen) atoms. The number of aromatic nitrogens is 3. The minimum Gasteiger partial charge on any atom is -0.481 e. The van der Waals surface area contributed by atoms with Crippen molar-refractivity contribution in [1.82, 2.24) is 15.1 Å². The van der Waals surface area contributed by atoms with Crippen LogP contribution in [0.15, 0.2) is 28.8 Å². The molecular weight excluding hydrogens is 482 g/mol. The van der Waals surface area contributed by atoms with Gasteiger partial charge in [0.05, 0.1) is 20.2 Å². The highest BCUT2D eigenvalue weighted by Gasteiger charge is 2.40. The van der Waals surface area contributed by atoms with E-state index in [4.69, 9.17) is 16.1 Å². The summed E-state index contributed by atoms with van der Waals surface area (Å²) in [5.41, 5.74) is 3.30. The van der Waals surface area contributed by atoms with Gasteiger partial charge in [0.25, 0.3) is 11.8 Å². The first-order valence-corrected chi connectivity index (χ1v) is 15.2. The number of alkyl halides is 2. The van der Waals surface area contributed by atoms with Crippen LogP contribution in [0.3, 0.4) is 0 Å². The van der Waals surface area contributed by atoms with Crippen LogP contribution in [0.4, 0.5) is 14.6 Å². The Morgan fingerprint density at radius 1 is 1.25 bits per heavy atom. The van der Waals surface area contributed by atoms with Gasteiger partial charge < -0.3 is 14.5 Å². The van der Waals surface area contributed by atoms with Crippen molar-refractivity contribution in [1.29, 1.82) is 0 Å². The normalized spacial score (nSPS) is 15.2. The summed E-state index contributed by atoms with van der Waals surface area (Å²) in [6.45, 7) is 8.09. The van der Waals surface area contributed by atoms with Crippen LogP contribution >= 0.6 is 0 Å². The van der Waals surface area contributed by atoms with Gasteiger partial charge in [-0.2, -0.15) is 4.98 Å². The van der Waals surface area contributed by atoms with Gasteiger partial charge in [0, 0.05) is 24.9 Å². The lowest BCUT2D eigenvalue weighted by molar-refractivity contribution is -0.136. The fourth-order valence-corrected chi connectivity index (χ4v) is 5.77. The Labute approximate surface area is 209 Å². The summed E-state index contributed by atoms with van der Waals surface area (Å²) < 4.78 is 33.5. The van der Waals surface area contributed by atoms with E-state index in [0.717, 1.165) is 21.9 Å². The van der Waals surface area contributed by atoms with Crippen LogP contribution < -0.4 is 10.1 Å². The summed E-state index contributed by atoms with van der Waals surface area (Å²) >= 11 is 0. The molecule has 0 spiro atoms. The summed E-state index contributed by atoms with van der Waals surface area (Å²) in [6.07, 6.45) is 6.05. The van der Waals surface area contributed by atoms with Crippen LogP contribution in [-0.2, 0) is 11.2 Å². The van der Waals surface area contributed by atoms with Crippen molar-refractivity contribution in [2.75, 3.05) is 18.0 Å². The number of aryl methyl sites for hydroxylation is 2. The van der Waals surface area contributed by atoms with Crippen molar-refractivity contribution >= 4 is 25.0 Å². The maximum atomic E-state index is 14.0. The van der Waals surface area contributed by atoms with Crippen molar-refractivity contribution in [2.24, 2.45) is 0 Å². The zero-order valence-electron chi connectivity index (χ0n) is 20.7. The highest BCUT2D eigenvalue weighted by atomic mass is 28.3. The Kier molecular flexibility index (Phi) is 6.71. The van der Waals surface area contributed by atoms with Crippen LogP contribution in [-0.4, -0.2) is 53.3 Å². The number of carbonyl (C=O) groups is 1. The minimum atomic E-state index is -2.75. The number of benzene rings is 1. The summed E-state index contributed by atoms with van der Waals surface area (Å²) in [7, 11) is -2.03. The molecule has 1 saturated heterocycles. The number of terminal acetylenes is 1. The molecule has 0 unspecified atom stereocenters. The molecule has 1 fully saturated rings. The molecule has 1 aliphatic rings. The second-order valence-electron chi connectivity index (χ2n) is 10.1. The molecule has 0 bridgehead atoms. The third kappa shape index (κ3) is 5.31. The van der Waals surface area contributed by atoms with E-state index in [0.29, 0.717) is 23.6 Å². The third-order valence-corrected chi connectivity index (χ3v) is 8.22. The number of nitrogens with zero attached hydrogens (tertiary/aromatic N) is 4. The molecule has 0 amide bonds. The maximum absolute atomic E-state index is 14.0. The zero-order valence-corrected chi connectivity index (χ0v) is 21.7. The van der Waals surface area contributed by atoms with E-state index in [1.807, 2.05) is 31.2 Å². The van der Waals surface area contributed by atoms with Crippen molar-refractivity contribution in [2.45, 2.75) is 51.7 Å². The first-order chi connectivity index (χ1) is 16.9. The van der Waals surface area contributed by atoms with E-state index in [9.17, 15) is 13.6 Å². The molecule has 3 heterocycles. The molecule has 0 saturated carbocycles. The predicted molar refractivity (Wildman–Crippen MR) is 136 cm³/mol. The molecule has 0 aliphatic carbocycles. The van der Waals surface area contributed by atoms with Gasteiger partial charge in [-0.3, -0.25) is 4.79 Å². The van der Waals surface area contributed by atoms with Gasteiger partial charge >= 0.3 is 5.97 Å². The quantitative estimate of drug-likeness (QED) is 0.370. The van der Waals surface area contributed by atoms with E-state index in [2.05, 4.69) is 40.7 Å². The molecule has 2 aromatic heterocycles. The summed E-state index contributed by atoms with van der Waals surface area (Å²) in [6, 6.07) is 7.47. The zero-order chi connectivity index (χ0) is 26.3. The molecule has 3 aromatic rings. The highest BCUT2D eigenvalue weighted by Crippen LogP contribution is 2.33. The number of aliphatic carboxylic acids is 1. The molecule has 0 atom stereocenters. The number of carboxylic acid groups (broad SMARTS) is 1. The average molecular weight is 511 g/mol. The van der Waals surface area contributed by atoms with E-state index < -0.39 is 20.0 Å². The summed E-state index contributed by atoms with van der Waals surface area (Å²) in [4.78, 5) is 21.7. The molecule has 0 radical (unpaired) electrons. The number of hydrogen-bond donors (Lipinski definition) is 1. The van der Waals surface area contributed by atoms with Crippen LogP contribution in [0.5, 0.6) is 0 Å². The topological polar surface area (TPSA) is 92.4 Å². The number of anilines is 1. The van der Waals surface area contributed by atoms with Crippen molar-refractivity contribution in [3.05, 3.63) is 41.1 Å². The lowest BCUT2D eigenvalue weighted by Crippen LogP contribution is -2.43. The van der Waals surface area contributed by atoms with E-state index >= 15 is 0 Å². The molecule has 7 nitrogen and oxygen atoms in total. The molecule has 1 N–H and O–H groups in total. The van der Waals surface area contributed by atoms with Crippen LogP contribution in [0, 0.1) is 19.3 Å². The lowest BCUT2D eigenvalue weighted by Gasteiger charge is -2.27. The van der Waals surface area contributed by atoms with Crippen LogP contribution in [0.25, 0.3) is 22.8 Å². The number of carboxylic acids is 1. The standard InChI is InChI=1S/C26H28F2N4O3Si/c1-6-20-19(14-21(36(3,4)5)24(29-20)32-12-11-26(27,28)15-32)25-30-23(31-35-25)18-9-7-17(13-16(18)2)8-10-22(33)34/h1,7,9,13-14H,8,10-12,15H2,2-5H3,(H,33,34). The van der Waals surface area contributed by atoms with Crippen molar-refractivity contribution in [3.63, 3.8) is 0 Å². The van der Waals surface area contributed by atoms with Crippen molar-refractivity contribution in [3.8, 4) is 35.2 Å². The number of hydrogen-bond acceptors (Lipinski definition) is 6. The number of rotatable bonds is 7. The van der Waals surface area contributed by atoms with Crippen LogP contribution in [0.2, 0.25) is 19.6 Å². The van der Waals surface area contributed by atoms with Gasteiger partial charge in [0.1, 0.15) is 11.5 Å². The Bertz CT molecular complexity index is 1360. The fourth-order valence-electron chi connectivity index (χ4n) is 4.31. The monoisotopic (exact) mass is 510 g/mol. The van der Waals surface area contributed by atoms with Crippen molar-refractivity contribution < 1.29 is 23.2 Å². The van der Waals surface area contributed by atoms with Gasteiger partial charge in [-0.05, 0) is 41.6 Å². The first-order valence-electron chi connectivity index (χ1n) is 11.7. The highest BCUT2D eigenvalue weighted by molar-refractivity contribution is 6.89. The van der Waals surface area contributed by atoms with Gasteiger partial charge in [0.2, 0.25) is 5.82 Å². The second-order valence-corrected chi connectivity index (χ2v) is 15.2. The minimum absolute atomic E-state index is 0.0531. The lowest BCUT2D eigenvalue weighted by atomic mass is 10.0. The Morgan fingerprint density at radius 3 is 2.58 bits per heavy atom. The van der Waals surface area contributed by atoms with Crippen LogP contribution in [0.1, 0.15) is 29.7 Å². The number of halogens is 2. The summed E-state index contributed by atoms with van der Waals surface area (Å²) in [5.74, 6) is 0.0455. The second kappa shape index (κ2) is 9.46. The Balaban J connectivity index is 1.72. The predicted octanol–water partition coefficient (Wildman–Crippen LogP) is 4.50. The van der Waals surface area contributed by atoms with E-state index in [1.165, 1.54) is 0 Å². The maximum Gasteiger partial charge on any atom is 0.303 e.